The molecular weight excluding hydrogens is 244 g/mol. The summed E-state index contributed by atoms with van der Waals surface area (Å²) in [6, 6.07) is 0. The Hall–Kier alpha value is -0.610. The van der Waals surface area contributed by atoms with Crippen LogP contribution in [-0.2, 0) is 14.3 Å². The van der Waals surface area contributed by atoms with Crippen molar-refractivity contribution in [3.8, 4) is 0 Å². The second-order valence-corrected chi connectivity index (χ2v) is 6.90. The van der Waals surface area contributed by atoms with Crippen LogP contribution >= 0.6 is 0 Å². The Morgan fingerprint density at radius 2 is 2.00 bits per heavy atom. The van der Waals surface area contributed by atoms with Crippen molar-refractivity contribution in [1.29, 1.82) is 0 Å². The summed E-state index contributed by atoms with van der Waals surface area (Å²) >= 11 is 0. The van der Waals surface area contributed by atoms with Crippen molar-refractivity contribution in [3.05, 3.63) is 0 Å². The fourth-order valence-corrected chi connectivity index (χ4v) is 4.34. The topological polar surface area (TPSA) is 55.8 Å². The van der Waals surface area contributed by atoms with E-state index in [2.05, 4.69) is 0 Å². The van der Waals surface area contributed by atoms with Crippen LogP contribution in [0.3, 0.4) is 0 Å². The van der Waals surface area contributed by atoms with Crippen LogP contribution < -0.4 is 0 Å². The van der Waals surface area contributed by atoms with Gasteiger partial charge in [-0.15, -0.1) is 0 Å². The molecule has 0 aromatic rings. The summed E-state index contributed by atoms with van der Waals surface area (Å²) in [5.41, 5.74) is 0. The maximum atomic E-state index is 11.4. The predicted octanol–water partition coefficient (Wildman–Crippen LogP) is 2.67. The molecule has 1 N–H and O–H groups in total. The smallest absolute Gasteiger partial charge is 0.306 e. The minimum atomic E-state index is -0.612. The number of hydrogen-bond donors (Lipinski definition) is 1. The first-order valence-corrected chi connectivity index (χ1v) is 7.51. The van der Waals surface area contributed by atoms with Crippen LogP contribution in [-0.4, -0.2) is 29.6 Å². The molecule has 3 rings (SSSR count). The van der Waals surface area contributed by atoms with Gasteiger partial charge in [0.15, 0.2) is 5.79 Å². The molecule has 1 heterocycles. The second kappa shape index (κ2) is 4.74. The maximum Gasteiger partial charge on any atom is 0.306 e. The lowest BCUT2D eigenvalue weighted by Crippen LogP contribution is -2.52. The molecule has 0 amide bonds. The highest BCUT2D eigenvalue weighted by molar-refractivity contribution is 5.70. The standard InChI is InChI=1S/C15H24O4/c1-15(2)18-8-10-6-9-4-3-5-11(14(16)17)12(9)7-13(10)19-15/h9-13H,3-8H2,1-2H3,(H,16,17). The van der Waals surface area contributed by atoms with Gasteiger partial charge in [-0.1, -0.05) is 12.8 Å². The molecule has 4 heteroatoms. The van der Waals surface area contributed by atoms with Gasteiger partial charge >= 0.3 is 5.97 Å². The zero-order valence-corrected chi connectivity index (χ0v) is 11.8. The van der Waals surface area contributed by atoms with Gasteiger partial charge in [0.25, 0.3) is 0 Å². The number of hydrogen-bond acceptors (Lipinski definition) is 3. The average molecular weight is 268 g/mol. The van der Waals surface area contributed by atoms with Gasteiger partial charge in [-0.25, -0.2) is 0 Å². The van der Waals surface area contributed by atoms with Crippen LogP contribution in [0.2, 0.25) is 0 Å². The highest BCUT2D eigenvalue weighted by atomic mass is 16.7. The van der Waals surface area contributed by atoms with E-state index in [-0.39, 0.29) is 12.0 Å². The Morgan fingerprint density at radius 3 is 2.74 bits per heavy atom. The van der Waals surface area contributed by atoms with E-state index in [4.69, 9.17) is 9.47 Å². The van der Waals surface area contributed by atoms with Gasteiger partial charge in [-0.05, 0) is 44.9 Å². The van der Waals surface area contributed by atoms with Crippen LogP contribution in [0, 0.1) is 23.7 Å². The summed E-state index contributed by atoms with van der Waals surface area (Å²) < 4.78 is 11.8. The fourth-order valence-electron chi connectivity index (χ4n) is 4.34. The van der Waals surface area contributed by atoms with Gasteiger partial charge in [0.1, 0.15) is 0 Å². The van der Waals surface area contributed by atoms with E-state index >= 15 is 0 Å². The molecule has 3 aliphatic rings. The minimum Gasteiger partial charge on any atom is -0.481 e. The first-order valence-electron chi connectivity index (χ1n) is 7.51. The number of carboxylic acids is 1. The van der Waals surface area contributed by atoms with Crippen molar-refractivity contribution in [2.75, 3.05) is 6.61 Å². The molecule has 2 saturated carbocycles. The van der Waals surface area contributed by atoms with Crippen LogP contribution in [0.1, 0.15) is 46.0 Å². The number of carboxylic acid groups (broad SMARTS) is 1. The van der Waals surface area contributed by atoms with E-state index in [9.17, 15) is 9.90 Å². The molecular formula is C15H24O4. The molecule has 0 aromatic heterocycles. The molecule has 0 radical (unpaired) electrons. The number of rotatable bonds is 1. The zero-order chi connectivity index (χ0) is 13.6. The molecule has 3 fully saturated rings. The molecule has 108 valence electrons. The molecule has 5 unspecified atom stereocenters. The molecule has 4 nitrogen and oxygen atoms in total. The van der Waals surface area contributed by atoms with Gasteiger partial charge in [0.2, 0.25) is 0 Å². The van der Waals surface area contributed by atoms with Crippen LogP contribution in [0.4, 0.5) is 0 Å². The first kappa shape index (κ1) is 13.4. The molecule has 1 aliphatic heterocycles. The minimum absolute atomic E-state index is 0.158. The van der Waals surface area contributed by atoms with E-state index in [1.807, 2.05) is 13.8 Å². The molecule has 5 atom stereocenters. The van der Waals surface area contributed by atoms with Crippen molar-refractivity contribution in [2.24, 2.45) is 23.7 Å². The van der Waals surface area contributed by atoms with E-state index in [0.29, 0.717) is 17.8 Å². The Bertz CT molecular complexity index is 365. The number of fused-ring (bicyclic) bond motifs is 2. The lowest BCUT2D eigenvalue weighted by Gasteiger charge is -2.50. The van der Waals surface area contributed by atoms with E-state index in [1.54, 1.807) is 0 Å². The van der Waals surface area contributed by atoms with E-state index in [0.717, 1.165) is 32.3 Å². The number of carbonyl (C=O) groups is 1. The molecule has 2 aliphatic carbocycles. The summed E-state index contributed by atoms with van der Waals surface area (Å²) in [5, 5.41) is 9.41. The number of aliphatic carboxylic acids is 1. The summed E-state index contributed by atoms with van der Waals surface area (Å²) in [7, 11) is 0. The Balaban J connectivity index is 1.75. The average Bonchev–Trinajstić information content (AvgIpc) is 2.34. The Kier molecular flexibility index (Phi) is 3.34. The van der Waals surface area contributed by atoms with Crippen molar-refractivity contribution >= 4 is 5.97 Å². The molecule has 1 saturated heterocycles. The zero-order valence-electron chi connectivity index (χ0n) is 11.8. The molecule has 19 heavy (non-hydrogen) atoms. The van der Waals surface area contributed by atoms with Crippen LogP contribution in [0.5, 0.6) is 0 Å². The Labute approximate surface area is 114 Å². The monoisotopic (exact) mass is 268 g/mol. The van der Waals surface area contributed by atoms with Gasteiger partial charge in [0, 0.05) is 5.92 Å². The maximum absolute atomic E-state index is 11.4. The third kappa shape index (κ3) is 2.52. The van der Waals surface area contributed by atoms with Gasteiger partial charge < -0.3 is 14.6 Å². The summed E-state index contributed by atoms with van der Waals surface area (Å²) in [6.07, 6.45) is 5.25. The van der Waals surface area contributed by atoms with Crippen molar-refractivity contribution in [3.63, 3.8) is 0 Å². The van der Waals surface area contributed by atoms with Crippen molar-refractivity contribution in [1.82, 2.24) is 0 Å². The highest BCUT2D eigenvalue weighted by Gasteiger charge is 2.48. The quantitative estimate of drug-likeness (QED) is 0.794. The van der Waals surface area contributed by atoms with Crippen LogP contribution in [0.25, 0.3) is 0 Å². The van der Waals surface area contributed by atoms with Crippen molar-refractivity contribution < 1.29 is 19.4 Å². The van der Waals surface area contributed by atoms with Crippen LogP contribution in [0.15, 0.2) is 0 Å². The molecule has 0 bridgehead atoms. The lowest BCUT2D eigenvalue weighted by molar-refractivity contribution is -0.306. The summed E-state index contributed by atoms with van der Waals surface area (Å²) in [4.78, 5) is 11.4. The SMILES string of the molecule is CC1(C)OCC2CC3CCCC(C(=O)O)C3CC2O1. The molecule has 0 spiro atoms. The normalized spacial score (nSPS) is 45.1. The first-order chi connectivity index (χ1) is 8.96. The van der Waals surface area contributed by atoms with Gasteiger partial charge in [-0.2, -0.15) is 0 Å². The van der Waals surface area contributed by atoms with Gasteiger partial charge in [-0.3, -0.25) is 4.79 Å². The van der Waals surface area contributed by atoms with E-state index in [1.165, 1.54) is 6.42 Å². The lowest BCUT2D eigenvalue weighted by atomic mass is 9.62. The molecule has 0 aromatic carbocycles. The van der Waals surface area contributed by atoms with E-state index < -0.39 is 11.8 Å². The predicted molar refractivity (Wildman–Crippen MR) is 69.6 cm³/mol. The summed E-state index contributed by atoms with van der Waals surface area (Å²) in [5.74, 6) is 0.0444. The van der Waals surface area contributed by atoms with Gasteiger partial charge in [0.05, 0.1) is 18.6 Å². The highest BCUT2D eigenvalue weighted by Crippen LogP contribution is 2.48. The number of ether oxygens (including phenoxy) is 2. The Morgan fingerprint density at radius 1 is 1.21 bits per heavy atom. The fraction of sp³-hybridized carbons (Fsp3) is 0.933. The second-order valence-electron chi connectivity index (χ2n) is 6.90. The van der Waals surface area contributed by atoms with Crippen molar-refractivity contribution in [2.45, 2.75) is 57.8 Å². The third-order valence-corrected chi connectivity index (χ3v) is 5.25. The summed E-state index contributed by atoms with van der Waals surface area (Å²) in [6.45, 7) is 4.66. The third-order valence-electron chi connectivity index (χ3n) is 5.25. The largest absolute Gasteiger partial charge is 0.481 e.